The molecule has 0 aromatic heterocycles. The molecule has 3 aromatic rings. The van der Waals surface area contributed by atoms with Crippen LogP contribution in [0.2, 0.25) is 0 Å². The summed E-state index contributed by atoms with van der Waals surface area (Å²) in [6.07, 6.45) is 2.03. The maximum Gasteiger partial charge on any atom is 0.211 e. The molecule has 1 heterocycles. The molecule has 0 fully saturated rings. The van der Waals surface area contributed by atoms with Gasteiger partial charge in [-0.3, -0.25) is 0 Å². The molecule has 0 saturated carbocycles. The molecule has 3 aromatic carbocycles. The van der Waals surface area contributed by atoms with Crippen LogP contribution in [0, 0.1) is 41.5 Å². The van der Waals surface area contributed by atoms with Gasteiger partial charge in [-0.25, -0.2) is 4.99 Å². The summed E-state index contributed by atoms with van der Waals surface area (Å²) in [7, 11) is 0. The van der Waals surface area contributed by atoms with Crippen molar-refractivity contribution in [2.24, 2.45) is 4.99 Å². The first kappa shape index (κ1) is 21.9. The molecule has 1 atom stereocenters. The molecule has 0 bridgehead atoms. The van der Waals surface area contributed by atoms with E-state index in [-0.39, 0.29) is 6.04 Å². The molecule has 0 aliphatic carbocycles. The number of ether oxygens (including phenoxy) is 1. The lowest BCUT2D eigenvalue weighted by molar-refractivity contribution is 0.320. The Kier molecular flexibility index (Phi) is 6.18. The van der Waals surface area contributed by atoms with Crippen LogP contribution in [0.15, 0.2) is 65.7 Å². The van der Waals surface area contributed by atoms with Crippen LogP contribution in [0.4, 0.5) is 5.69 Å². The van der Waals surface area contributed by atoms with E-state index in [1.54, 1.807) is 0 Å². The predicted molar refractivity (Wildman–Crippen MR) is 135 cm³/mol. The molecule has 32 heavy (non-hydrogen) atoms. The SMILES string of the molecule is Cc1cc(C)c(NC(=CC2=NC(c3c(C)cc(C)cc3C)CO2)c2ccccc2)c(C)c1. The van der Waals surface area contributed by atoms with Gasteiger partial charge in [-0.05, 0) is 74.9 Å². The molecule has 1 N–H and O–H groups in total. The summed E-state index contributed by atoms with van der Waals surface area (Å²) in [6, 6.07) is 19.3. The van der Waals surface area contributed by atoms with Gasteiger partial charge in [0.25, 0.3) is 0 Å². The van der Waals surface area contributed by atoms with Crippen molar-refractivity contribution < 1.29 is 4.74 Å². The molecular formula is C29H32N2O. The second-order valence-electron chi connectivity index (χ2n) is 8.93. The molecule has 3 nitrogen and oxygen atoms in total. The van der Waals surface area contributed by atoms with Gasteiger partial charge in [-0.2, -0.15) is 0 Å². The molecule has 1 unspecified atom stereocenters. The Morgan fingerprint density at radius 1 is 0.844 bits per heavy atom. The molecule has 0 saturated heterocycles. The van der Waals surface area contributed by atoms with E-state index in [0.29, 0.717) is 12.5 Å². The van der Waals surface area contributed by atoms with Crippen LogP contribution < -0.4 is 5.32 Å². The van der Waals surface area contributed by atoms with Crippen molar-refractivity contribution in [3.05, 3.63) is 105 Å². The van der Waals surface area contributed by atoms with Crippen LogP contribution in [-0.4, -0.2) is 12.5 Å². The maximum atomic E-state index is 6.06. The Morgan fingerprint density at radius 3 is 2.00 bits per heavy atom. The number of aliphatic imine (C=N–C) groups is 1. The van der Waals surface area contributed by atoms with E-state index in [4.69, 9.17) is 9.73 Å². The van der Waals surface area contributed by atoms with Gasteiger partial charge in [0.2, 0.25) is 5.90 Å². The number of anilines is 1. The molecule has 1 aliphatic heterocycles. The van der Waals surface area contributed by atoms with Crippen molar-refractivity contribution in [3.63, 3.8) is 0 Å². The Hall–Kier alpha value is -3.33. The average Bonchev–Trinajstić information content (AvgIpc) is 3.17. The van der Waals surface area contributed by atoms with Crippen molar-refractivity contribution >= 4 is 17.3 Å². The molecular weight excluding hydrogens is 392 g/mol. The number of aryl methyl sites for hydroxylation is 6. The minimum Gasteiger partial charge on any atom is -0.475 e. The molecule has 1 aliphatic rings. The van der Waals surface area contributed by atoms with Gasteiger partial charge in [0.1, 0.15) is 12.6 Å². The van der Waals surface area contributed by atoms with E-state index in [9.17, 15) is 0 Å². The molecule has 0 amide bonds. The smallest absolute Gasteiger partial charge is 0.211 e. The fourth-order valence-corrected chi connectivity index (χ4v) is 4.78. The highest BCUT2D eigenvalue weighted by atomic mass is 16.5. The van der Waals surface area contributed by atoms with Crippen molar-refractivity contribution in [2.75, 3.05) is 11.9 Å². The van der Waals surface area contributed by atoms with Crippen LogP contribution in [0.3, 0.4) is 0 Å². The van der Waals surface area contributed by atoms with Crippen LogP contribution in [-0.2, 0) is 4.74 Å². The van der Waals surface area contributed by atoms with Crippen molar-refractivity contribution in [1.82, 2.24) is 0 Å². The zero-order valence-corrected chi connectivity index (χ0v) is 19.9. The maximum absolute atomic E-state index is 6.06. The fourth-order valence-electron chi connectivity index (χ4n) is 4.78. The van der Waals surface area contributed by atoms with Crippen LogP contribution in [0.1, 0.15) is 50.5 Å². The number of hydrogen-bond donors (Lipinski definition) is 1. The molecule has 0 spiro atoms. The zero-order valence-electron chi connectivity index (χ0n) is 19.9. The Labute approximate surface area is 191 Å². The van der Waals surface area contributed by atoms with E-state index in [1.165, 1.54) is 38.9 Å². The van der Waals surface area contributed by atoms with E-state index < -0.39 is 0 Å². The van der Waals surface area contributed by atoms with Crippen LogP contribution >= 0.6 is 0 Å². The standard InChI is InChI=1S/C29H32N2O/c1-18-12-20(3)28(21(4)13-18)26-17-32-27(30-26)16-25(24-10-8-7-9-11-24)31-29-22(5)14-19(2)15-23(29)6/h7-16,26,31H,17H2,1-6H3. The third-order valence-corrected chi connectivity index (χ3v) is 6.03. The molecule has 3 heteroatoms. The Bertz CT molecular complexity index is 1160. The van der Waals surface area contributed by atoms with Gasteiger partial charge in [0.15, 0.2) is 0 Å². The van der Waals surface area contributed by atoms with E-state index >= 15 is 0 Å². The van der Waals surface area contributed by atoms with Gasteiger partial charge >= 0.3 is 0 Å². The third-order valence-electron chi connectivity index (χ3n) is 6.03. The predicted octanol–water partition coefficient (Wildman–Crippen LogP) is 7.16. The Balaban J connectivity index is 1.72. The lowest BCUT2D eigenvalue weighted by Crippen LogP contribution is -2.06. The molecule has 4 rings (SSSR count). The normalized spacial score (nSPS) is 16.0. The minimum absolute atomic E-state index is 0.0294. The van der Waals surface area contributed by atoms with Crippen LogP contribution in [0.25, 0.3) is 5.70 Å². The van der Waals surface area contributed by atoms with E-state index in [1.807, 2.05) is 12.1 Å². The highest BCUT2D eigenvalue weighted by molar-refractivity contribution is 5.99. The second-order valence-corrected chi connectivity index (χ2v) is 8.93. The number of nitrogens with zero attached hydrogens (tertiary/aromatic N) is 1. The number of nitrogens with one attached hydrogen (secondary N) is 1. The first-order chi connectivity index (χ1) is 15.3. The summed E-state index contributed by atoms with van der Waals surface area (Å²) >= 11 is 0. The summed E-state index contributed by atoms with van der Waals surface area (Å²) in [5.74, 6) is 0.670. The Morgan fingerprint density at radius 2 is 1.41 bits per heavy atom. The number of hydrogen-bond acceptors (Lipinski definition) is 3. The first-order valence-electron chi connectivity index (χ1n) is 11.2. The minimum atomic E-state index is 0.0294. The van der Waals surface area contributed by atoms with Gasteiger partial charge in [-0.1, -0.05) is 65.7 Å². The van der Waals surface area contributed by atoms with Gasteiger partial charge in [0, 0.05) is 11.8 Å². The van der Waals surface area contributed by atoms with Crippen molar-refractivity contribution in [3.8, 4) is 0 Å². The largest absolute Gasteiger partial charge is 0.475 e. The summed E-state index contributed by atoms with van der Waals surface area (Å²) in [4.78, 5) is 4.95. The lowest BCUT2D eigenvalue weighted by atomic mass is 9.95. The second kappa shape index (κ2) is 9.04. The number of benzene rings is 3. The quantitative estimate of drug-likeness (QED) is 0.471. The lowest BCUT2D eigenvalue weighted by Gasteiger charge is -2.17. The zero-order chi connectivity index (χ0) is 22.8. The third kappa shape index (κ3) is 4.62. The fraction of sp³-hybridized carbons (Fsp3) is 0.276. The van der Waals surface area contributed by atoms with Gasteiger partial charge in [-0.15, -0.1) is 0 Å². The highest BCUT2D eigenvalue weighted by Crippen LogP contribution is 2.31. The summed E-state index contributed by atoms with van der Waals surface area (Å²) in [6.45, 7) is 13.5. The summed E-state index contributed by atoms with van der Waals surface area (Å²) < 4.78 is 6.06. The van der Waals surface area contributed by atoms with Crippen LogP contribution in [0.5, 0.6) is 0 Å². The topological polar surface area (TPSA) is 33.6 Å². The van der Waals surface area contributed by atoms with Gasteiger partial charge < -0.3 is 10.1 Å². The molecule has 0 radical (unpaired) electrons. The highest BCUT2D eigenvalue weighted by Gasteiger charge is 2.23. The summed E-state index contributed by atoms with van der Waals surface area (Å²) in [5, 5.41) is 3.67. The van der Waals surface area contributed by atoms with E-state index in [2.05, 4.69) is 95.4 Å². The van der Waals surface area contributed by atoms with Gasteiger partial charge in [0.05, 0.1) is 5.70 Å². The summed E-state index contributed by atoms with van der Waals surface area (Å²) in [5.41, 5.74) is 12.0. The van der Waals surface area contributed by atoms with E-state index in [0.717, 1.165) is 16.9 Å². The molecule has 164 valence electrons. The first-order valence-corrected chi connectivity index (χ1v) is 11.2. The average molecular weight is 425 g/mol. The number of rotatable bonds is 5. The van der Waals surface area contributed by atoms with Crippen molar-refractivity contribution in [2.45, 2.75) is 47.6 Å². The van der Waals surface area contributed by atoms with Crippen molar-refractivity contribution in [1.29, 1.82) is 0 Å². The monoisotopic (exact) mass is 424 g/mol.